The Hall–Kier alpha value is -1.72. The van der Waals surface area contributed by atoms with Gasteiger partial charge in [-0.25, -0.2) is 0 Å². The summed E-state index contributed by atoms with van der Waals surface area (Å²) in [5, 5.41) is 4.13. The average molecular weight is 214 g/mol. The van der Waals surface area contributed by atoms with Crippen LogP contribution in [0.25, 0.3) is 11.1 Å². The van der Waals surface area contributed by atoms with E-state index < -0.39 is 0 Å². The first-order valence-electron chi connectivity index (χ1n) is 4.52. The Morgan fingerprint density at radius 2 is 2.20 bits per heavy atom. The van der Waals surface area contributed by atoms with Gasteiger partial charge in [0.05, 0.1) is 7.11 Å². The van der Waals surface area contributed by atoms with E-state index in [0.29, 0.717) is 0 Å². The lowest BCUT2D eigenvalue weighted by atomic mass is 10.0. The minimum atomic E-state index is 0.793. The quantitative estimate of drug-likeness (QED) is 0.696. The predicted molar refractivity (Wildman–Crippen MR) is 64.2 cm³/mol. The van der Waals surface area contributed by atoms with Crippen molar-refractivity contribution >= 4 is 11.3 Å². The Morgan fingerprint density at radius 1 is 1.33 bits per heavy atom. The highest BCUT2D eigenvalue weighted by atomic mass is 32.1. The minimum absolute atomic E-state index is 0.793. The summed E-state index contributed by atoms with van der Waals surface area (Å²) >= 11 is 1.66. The van der Waals surface area contributed by atoms with E-state index in [1.807, 2.05) is 23.6 Å². The van der Waals surface area contributed by atoms with Crippen molar-refractivity contribution in [3.8, 4) is 29.2 Å². The maximum Gasteiger partial charge on any atom is 0.120 e. The molecule has 0 unspecified atom stereocenters. The van der Waals surface area contributed by atoms with E-state index in [4.69, 9.17) is 11.2 Å². The topological polar surface area (TPSA) is 9.23 Å². The molecule has 1 heterocycles. The summed E-state index contributed by atoms with van der Waals surface area (Å²) in [5.41, 5.74) is 3.11. The second-order valence-corrected chi connectivity index (χ2v) is 3.85. The standard InChI is InChI=1S/C13H10OS/c1-3-10-8-12(14-2)4-5-13(10)11-6-7-15-9-11/h1,4-9H,2H3. The van der Waals surface area contributed by atoms with Gasteiger partial charge in [0.15, 0.2) is 0 Å². The van der Waals surface area contributed by atoms with Gasteiger partial charge >= 0.3 is 0 Å². The SMILES string of the molecule is C#Cc1cc(OC)ccc1-c1ccsc1. The van der Waals surface area contributed by atoms with E-state index in [1.165, 1.54) is 0 Å². The van der Waals surface area contributed by atoms with Gasteiger partial charge in [0.25, 0.3) is 0 Å². The van der Waals surface area contributed by atoms with Gasteiger partial charge in [0.1, 0.15) is 5.75 Å². The summed E-state index contributed by atoms with van der Waals surface area (Å²) in [6, 6.07) is 7.87. The minimum Gasteiger partial charge on any atom is -0.497 e. The third-order valence-corrected chi connectivity index (χ3v) is 2.90. The molecule has 0 radical (unpaired) electrons. The third-order valence-electron chi connectivity index (χ3n) is 2.21. The number of methoxy groups -OCH3 is 1. The molecule has 0 spiro atoms. The van der Waals surface area contributed by atoms with Crippen LogP contribution in [-0.4, -0.2) is 7.11 Å². The molecule has 0 aliphatic carbocycles. The van der Waals surface area contributed by atoms with Crippen molar-refractivity contribution in [3.63, 3.8) is 0 Å². The zero-order chi connectivity index (χ0) is 10.7. The monoisotopic (exact) mass is 214 g/mol. The van der Waals surface area contributed by atoms with Crippen LogP contribution in [0.3, 0.4) is 0 Å². The summed E-state index contributed by atoms with van der Waals surface area (Å²) < 4.78 is 5.14. The fourth-order valence-electron chi connectivity index (χ4n) is 1.44. The molecule has 0 amide bonds. The van der Waals surface area contributed by atoms with Crippen molar-refractivity contribution in [1.29, 1.82) is 0 Å². The summed E-state index contributed by atoms with van der Waals surface area (Å²) in [6.45, 7) is 0. The number of hydrogen-bond acceptors (Lipinski definition) is 2. The van der Waals surface area contributed by atoms with Crippen LogP contribution in [0.1, 0.15) is 5.56 Å². The van der Waals surface area contributed by atoms with E-state index in [2.05, 4.69) is 17.4 Å². The molecule has 74 valence electrons. The zero-order valence-electron chi connectivity index (χ0n) is 8.36. The van der Waals surface area contributed by atoms with Crippen LogP contribution < -0.4 is 4.74 Å². The molecule has 2 heteroatoms. The zero-order valence-corrected chi connectivity index (χ0v) is 9.17. The average Bonchev–Trinajstić information content (AvgIpc) is 2.81. The van der Waals surface area contributed by atoms with Crippen LogP contribution in [0.4, 0.5) is 0 Å². The Morgan fingerprint density at radius 3 is 2.80 bits per heavy atom. The molecule has 0 saturated heterocycles. The Kier molecular flexibility index (Phi) is 2.75. The molecule has 0 fully saturated rings. The number of thiophene rings is 1. The lowest BCUT2D eigenvalue weighted by Crippen LogP contribution is -1.86. The Bertz CT molecular complexity index is 492. The maximum atomic E-state index is 5.48. The van der Waals surface area contributed by atoms with Gasteiger partial charge in [-0.3, -0.25) is 0 Å². The molecule has 2 aromatic rings. The van der Waals surface area contributed by atoms with Crippen molar-refractivity contribution in [2.75, 3.05) is 7.11 Å². The van der Waals surface area contributed by atoms with E-state index in [9.17, 15) is 0 Å². The highest BCUT2D eigenvalue weighted by Crippen LogP contribution is 2.28. The van der Waals surface area contributed by atoms with Gasteiger partial charge in [0.2, 0.25) is 0 Å². The van der Waals surface area contributed by atoms with Crippen LogP contribution >= 0.6 is 11.3 Å². The number of hydrogen-bond donors (Lipinski definition) is 0. The molecule has 0 N–H and O–H groups in total. The fourth-order valence-corrected chi connectivity index (χ4v) is 2.10. The van der Waals surface area contributed by atoms with Crippen molar-refractivity contribution in [1.82, 2.24) is 0 Å². The number of benzene rings is 1. The van der Waals surface area contributed by atoms with Crippen molar-refractivity contribution in [3.05, 3.63) is 40.6 Å². The number of rotatable bonds is 2. The molecule has 15 heavy (non-hydrogen) atoms. The largest absolute Gasteiger partial charge is 0.497 e. The Labute approximate surface area is 93.3 Å². The van der Waals surface area contributed by atoms with Gasteiger partial charge in [-0.1, -0.05) is 5.92 Å². The van der Waals surface area contributed by atoms with Crippen LogP contribution in [0.15, 0.2) is 35.0 Å². The first kappa shape index (κ1) is 9.82. The molecule has 1 aromatic carbocycles. The van der Waals surface area contributed by atoms with Crippen LogP contribution in [-0.2, 0) is 0 Å². The molecule has 0 atom stereocenters. The van der Waals surface area contributed by atoms with Crippen molar-refractivity contribution in [2.45, 2.75) is 0 Å². The van der Waals surface area contributed by atoms with Crippen molar-refractivity contribution < 1.29 is 4.74 Å². The molecule has 0 saturated carbocycles. The van der Waals surface area contributed by atoms with E-state index >= 15 is 0 Å². The van der Waals surface area contributed by atoms with Gasteiger partial charge in [-0.2, -0.15) is 11.3 Å². The van der Waals surface area contributed by atoms with E-state index in [0.717, 1.165) is 22.4 Å². The summed E-state index contributed by atoms with van der Waals surface area (Å²) in [7, 11) is 1.64. The number of ether oxygens (including phenoxy) is 1. The predicted octanol–water partition coefficient (Wildman–Crippen LogP) is 3.41. The molecule has 1 nitrogen and oxygen atoms in total. The first-order chi connectivity index (χ1) is 7.35. The molecular formula is C13H10OS. The first-order valence-corrected chi connectivity index (χ1v) is 5.46. The molecular weight excluding hydrogens is 204 g/mol. The number of terminal acetylenes is 1. The molecule has 0 bridgehead atoms. The molecule has 1 aromatic heterocycles. The van der Waals surface area contributed by atoms with Gasteiger partial charge in [-0.05, 0) is 46.2 Å². The van der Waals surface area contributed by atoms with Crippen molar-refractivity contribution in [2.24, 2.45) is 0 Å². The summed E-state index contributed by atoms with van der Waals surface area (Å²) in [6.07, 6.45) is 5.48. The smallest absolute Gasteiger partial charge is 0.120 e. The lowest BCUT2D eigenvalue weighted by Gasteiger charge is -2.05. The highest BCUT2D eigenvalue weighted by molar-refractivity contribution is 7.08. The maximum absolute atomic E-state index is 5.48. The second-order valence-electron chi connectivity index (χ2n) is 3.07. The third kappa shape index (κ3) is 1.88. The Balaban J connectivity index is 2.54. The van der Waals surface area contributed by atoms with Gasteiger partial charge < -0.3 is 4.74 Å². The van der Waals surface area contributed by atoms with Crippen LogP contribution in [0.2, 0.25) is 0 Å². The summed E-state index contributed by atoms with van der Waals surface area (Å²) in [4.78, 5) is 0. The second kappa shape index (κ2) is 4.20. The molecule has 0 aliphatic heterocycles. The van der Waals surface area contributed by atoms with Gasteiger partial charge in [0, 0.05) is 5.56 Å². The van der Waals surface area contributed by atoms with E-state index in [1.54, 1.807) is 18.4 Å². The van der Waals surface area contributed by atoms with Crippen LogP contribution in [0, 0.1) is 12.3 Å². The fraction of sp³-hybridized carbons (Fsp3) is 0.0769. The van der Waals surface area contributed by atoms with E-state index in [-0.39, 0.29) is 0 Å². The van der Waals surface area contributed by atoms with Crippen LogP contribution in [0.5, 0.6) is 5.75 Å². The molecule has 0 aliphatic rings. The van der Waals surface area contributed by atoms with Gasteiger partial charge in [-0.15, -0.1) is 6.42 Å². The lowest BCUT2D eigenvalue weighted by molar-refractivity contribution is 0.415. The molecule has 2 rings (SSSR count). The summed E-state index contributed by atoms with van der Waals surface area (Å²) in [5.74, 6) is 3.48. The normalized spacial score (nSPS) is 9.60. The highest BCUT2D eigenvalue weighted by Gasteiger charge is 2.04.